The highest BCUT2D eigenvalue weighted by atomic mass is 35.5. The molecule has 32 heavy (non-hydrogen) atoms. The van der Waals surface area contributed by atoms with Gasteiger partial charge in [0.1, 0.15) is 5.75 Å². The fourth-order valence-electron chi connectivity index (χ4n) is 3.46. The summed E-state index contributed by atoms with van der Waals surface area (Å²) in [5, 5.41) is 1.98. The Labute approximate surface area is 189 Å². The van der Waals surface area contributed by atoms with Crippen molar-refractivity contribution in [1.29, 1.82) is 0 Å². The fraction of sp³-hybridized carbons (Fsp3) is 0.381. The first kappa shape index (κ1) is 24.3. The van der Waals surface area contributed by atoms with E-state index in [9.17, 15) is 26.4 Å². The van der Waals surface area contributed by atoms with Crippen molar-refractivity contribution >= 4 is 33.2 Å². The average molecular weight is 491 g/mol. The molecule has 0 aromatic heterocycles. The molecule has 1 aliphatic heterocycles. The lowest BCUT2D eigenvalue weighted by Gasteiger charge is -2.31. The number of halogens is 4. The second-order valence-corrected chi connectivity index (χ2v) is 9.63. The molecule has 1 aliphatic rings. The van der Waals surface area contributed by atoms with Crippen LogP contribution in [0.5, 0.6) is 5.75 Å². The second kappa shape index (κ2) is 9.68. The van der Waals surface area contributed by atoms with Crippen LogP contribution in [-0.2, 0) is 21.0 Å². The number of piperidine rings is 1. The van der Waals surface area contributed by atoms with Crippen molar-refractivity contribution in [2.24, 2.45) is 5.92 Å². The molecule has 2 aromatic carbocycles. The quantitative estimate of drug-likeness (QED) is 0.631. The maximum atomic E-state index is 13.1. The van der Waals surface area contributed by atoms with Crippen molar-refractivity contribution < 1.29 is 31.1 Å². The van der Waals surface area contributed by atoms with Gasteiger partial charge < -0.3 is 10.1 Å². The number of ether oxygens (including phenoxy) is 1. The van der Waals surface area contributed by atoms with Gasteiger partial charge in [0.15, 0.2) is 0 Å². The molecule has 6 nitrogen and oxygen atoms in total. The van der Waals surface area contributed by atoms with Gasteiger partial charge >= 0.3 is 6.18 Å². The molecule has 1 atom stereocenters. The number of hydrogen-bond acceptors (Lipinski definition) is 4. The van der Waals surface area contributed by atoms with Gasteiger partial charge in [-0.25, -0.2) is 8.42 Å². The minimum atomic E-state index is -4.66. The number of rotatable bonds is 6. The zero-order valence-electron chi connectivity index (χ0n) is 17.2. The van der Waals surface area contributed by atoms with Crippen molar-refractivity contribution in [1.82, 2.24) is 4.31 Å². The van der Waals surface area contributed by atoms with Gasteiger partial charge in [0.25, 0.3) is 0 Å². The summed E-state index contributed by atoms with van der Waals surface area (Å²) in [6.45, 7) is 2.45. The van der Waals surface area contributed by atoms with Crippen LogP contribution in [0.15, 0.2) is 47.4 Å². The first-order chi connectivity index (χ1) is 15.0. The summed E-state index contributed by atoms with van der Waals surface area (Å²) in [4.78, 5) is 12.8. The van der Waals surface area contributed by atoms with E-state index < -0.39 is 38.6 Å². The average Bonchev–Trinajstić information content (AvgIpc) is 2.75. The summed E-state index contributed by atoms with van der Waals surface area (Å²) < 4.78 is 71.7. The van der Waals surface area contributed by atoms with E-state index in [-0.39, 0.29) is 23.7 Å². The van der Waals surface area contributed by atoms with Crippen molar-refractivity contribution in [2.45, 2.75) is 30.8 Å². The van der Waals surface area contributed by atoms with Crippen molar-refractivity contribution in [3.05, 3.63) is 53.1 Å². The maximum Gasteiger partial charge on any atom is 0.417 e. The van der Waals surface area contributed by atoms with Gasteiger partial charge in [0, 0.05) is 18.8 Å². The number of nitrogens with zero attached hydrogens (tertiary/aromatic N) is 1. The van der Waals surface area contributed by atoms with Crippen LogP contribution in [0.25, 0.3) is 0 Å². The molecular formula is C21H22ClF3N2O4S. The lowest BCUT2D eigenvalue weighted by molar-refractivity contribution is -0.137. The highest BCUT2D eigenvalue weighted by Crippen LogP contribution is 2.36. The predicted octanol–water partition coefficient (Wildman–Crippen LogP) is 4.80. The fourth-order valence-corrected chi connectivity index (χ4v) is 5.21. The number of sulfonamides is 1. The van der Waals surface area contributed by atoms with E-state index in [4.69, 9.17) is 16.3 Å². The molecule has 0 bridgehead atoms. The number of amides is 1. The Kier molecular flexibility index (Phi) is 7.36. The number of carbonyl (C=O) groups excluding carboxylic acids is 1. The number of hydrogen-bond donors (Lipinski definition) is 1. The molecule has 0 aliphatic carbocycles. The standard InChI is InChI=1S/C21H22ClF3N2O4S/c1-2-31-16-6-8-17(9-7-16)32(29,30)27-11-3-4-14(13-27)20(28)26-15-5-10-19(22)18(12-15)21(23,24)25/h5-10,12,14H,2-4,11,13H2,1H3,(H,26,28)/t14-/m0/s1. The van der Waals surface area contributed by atoms with Crippen molar-refractivity contribution in [3.8, 4) is 5.75 Å². The maximum absolute atomic E-state index is 13.1. The van der Waals surface area contributed by atoms with Crippen LogP contribution >= 0.6 is 11.6 Å². The zero-order chi connectivity index (χ0) is 23.5. The van der Waals surface area contributed by atoms with Gasteiger partial charge in [-0.1, -0.05) is 11.6 Å². The Morgan fingerprint density at radius 2 is 1.91 bits per heavy atom. The minimum Gasteiger partial charge on any atom is -0.494 e. The second-order valence-electron chi connectivity index (χ2n) is 7.29. The molecule has 0 radical (unpaired) electrons. The Bertz CT molecular complexity index is 1080. The lowest BCUT2D eigenvalue weighted by Crippen LogP contribution is -2.43. The van der Waals surface area contributed by atoms with Gasteiger partial charge in [-0.2, -0.15) is 17.5 Å². The molecule has 0 unspecified atom stereocenters. The summed E-state index contributed by atoms with van der Waals surface area (Å²) >= 11 is 5.61. The molecule has 3 rings (SSSR count). The molecule has 1 fully saturated rings. The van der Waals surface area contributed by atoms with Gasteiger partial charge in [-0.3, -0.25) is 4.79 Å². The summed E-state index contributed by atoms with van der Waals surface area (Å²) in [6, 6.07) is 9.09. The Balaban J connectivity index is 1.72. The van der Waals surface area contributed by atoms with Crippen LogP contribution in [0.4, 0.5) is 18.9 Å². The van der Waals surface area contributed by atoms with Crippen LogP contribution in [-0.4, -0.2) is 38.3 Å². The monoisotopic (exact) mass is 490 g/mol. The first-order valence-corrected chi connectivity index (χ1v) is 11.7. The van der Waals surface area contributed by atoms with E-state index in [0.29, 0.717) is 25.2 Å². The van der Waals surface area contributed by atoms with Crippen LogP contribution in [0.2, 0.25) is 5.02 Å². The zero-order valence-corrected chi connectivity index (χ0v) is 18.7. The molecule has 0 spiro atoms. The van der Waals surface area contributed by atoms with E-state index in [1.165, 1.54) is 22.5 Å². The summed E-state index contributed by atoms with van der Waals surface area (Å²) in [7, 11) is -3.83. The van der Waals surface area contributed by atoms with Gasteiger partial charge in [0.05, 0.1) is 28.0 Å². The topological polar surface area (TPSA) is 75.7 Å². The lowest BCUT2D eigenvalue weighted by atomic mass is 9.98. The molecule has 174 valence electrons. The third-order valence-corrected chi connectivity index (χ3v) is 7.28. The van der Waals surface area contributed by atoms with Crippen LogP contribution in [0.3, 0.4) is 0 Å². The molecule has 1 heterocycles. The van der Waals surface area contributed by atoms with Gasteiger partial charge in [-0.05, 0) is 62.2 Å². The Morgan fingerprint density at radius 1 is 1.22 bits per heavy atom. The predicted molar refractivity (Wildman–Crippen MR) is 114 cm³/mol. The third-order valence-electron chi connectivity index (χ3n) is 5.07. The third kappa shape index (κ3) is 5.54. The van der Waals surface area contributed by atoms with E-state index in [0.717, 1.165) is 12.1 Å². The summed E-state index contributed by atoms with van der Waals surface area (Å²) in [5.41, 5.74) is -1.11. The number of anilines is 1. The molecular weight excluding hydrogens is 469 g/mol. The first-order valence-electron chi connectivity index (χ1n) is 9.93. The molecule has 2 aromatic rings. The van der Waals surface area contributed by atoms with Crippen molar-refractivity contribution in [3.63, 3.8) is 0 Å². The Hall–Kier alpha value is -2.30. The van der Waals surface area contributed by atoms with Crippen LogP contribution in [0.1, 0.15) is 25.3 Å². The molecule has 1 amide bonds. The van der Waals surface area contributed by atoms with E-state index >= 15 is 0 Å². The minimum absolute atomic E-state index is 0.0572. The number of nitrogens with one attached hydrogen (secondary N) is 1. The Morgan fingerprint density at radius 3 is 2.53 bits per heavy atom. The largest absolute Gasteiger partial charge is 0.494 e. The van der Waals surface area contributed by atoms with E-state index in [1.54, 1.807) is 12.1 Å². The highest BCUT2D eigenvalue weighted by molar-refractivity contribution is 7.89. The summed E-state index contributed by atoms with van der Waals surface area (Å²) in [6.07, 6.45) is -3.80. The molecule has 1 saturated heterocycles. The molecule has 0 saturated carbocycles. The number of alkyl halides is 3. The van der Waals surface area contributed by atoms with Crippen LogP contribution < -0.4 is 10.1 Å². The molecule has 1 N–H and O–H groups in total. The van der Waals surface area contributed by atoms with Crippen molar-refractivity contribution in [2.75, 3.05) is 25.0 Å². The molecule has 11 heteroatoms. The number of carbonyl (C=O) groups is 1. The van der Waals surface area contributed by atoms with E-state index in [2.05, 4.69) is 5.32 Å². The summed E-state index contributed by atoms with van der Waals surface area (Å²) in [5.74, 6) is -0.707. The van der Waals surface area contributed by atoms with E-state index in [1.807, 2.05) is 6.92 Å². The SMILES string of the molecule is CCOc1ccc(S(=O)(=O)N2CCC[C@H](C(=O)Nc3ccc(Cl)c(C(F)(F)F)c3)C2)cc1. The number of benzene rings is 2. The normalized spacial score (nSPS) is 17.7. The highest BCUT2D eigenvalue weighted by Gasteiger charge is 2.35. The van der Waals surface area contributed by atoms with Crippen LogP contribution in [0, 0.1) is 5.92 Å². The smallest absolute Gasteiger partial charge is 0.417 e. The van der Waals surface area contributed by atoms with Gasteiger partial charge in [0.2, 0.25) is 15.9 Å². The van der Waals surface area contributed by atoms with Gasteiger partial charge in [-0.15, -0.1) is 0 Å².